The number of amidine groups is 1. The molecular weight excluding hydrogens is 274 g/mol. The highest BCUT2D eigenvalue weighted by Gasteiger charge is 2.27. The molecule has 1 aromatic rings. The minimum atomic E-state index is 0.167. The van der Waals surface area contributed by atoms with Crippen LogP contribution in [0.3, 0.4) is 0 Å². The van der Waals surface area contributed by atoms with Gasteiger partial charge in [-0.05, 0) is 58.9 Å². The van der Waals surface area contributed by atoms with E-state index in [0.717, 1.165) is 24.5 Å². The first-order chi connectivity index (χ1) is 10.5. The van der Waals surface area contributed by atoms with Gasteiger partial charge in [0.1, 0.15) is 5.71 Å². The molecule has 22 heavy (non-hydrogen) atoms. The highest BCUT2D eigenvalue weighted by atomic mass is 15.5. The number of anilines is 1. The van der Waals surface area contributed by atoms with Crippen molar-refractivity contribution in [3.8, 4) is 0 Å². The molecule has 2 rings (SSSR count). The van der Waals surface area contributed by atoms with Gasteiger partial charge in [0.15, 0.2) is 5.84 Å². The SMILES string of the molecule is CCN(CC)c1ccc(N=C2C(=N)N(C(C)C)N=C2C)cc1. The van der Waals surface area contributed by atoms with Crippen molar-refractivity contribution in [1.29, 1.82) is 5.41 Å². The van der Waals surface area contributed by atoms with E-state index in [1.807, 2.05) is 32.9 Å². The molecule has 0 aliphatic carbocycles. The van der Waals surface area contributed by atoms with E-state index >= 15 is 0 Å². The Morgan fingerprint density at radius 2 is 1.77 bits per heavy atom. The van der Waals surface area contributed by atoms with Crippen LogP contribution in [0.2, 0.25) is 0 Å². The van der Waals surface area contributed by atoms with E-state index in [1.165, 1.54) is 5.69 Å². The molecule has 1 aromatic carbocycles. The second-order valence-electron chi connectivity index (χ2n) is 5.62. The second kappa shape index (κ2) is 6.73. The van der Waals surface area contributed by atoms with Crippen molar-refractivity contribution < 1.29 is 0 Å². The van der Waals surface area contributed by atoms with Gasteiger partial charge in [-0.1, -0.05) is 0 Å². The van der Waals surface area contributed by atoms with Gasteiger partial charge in [0.05, 0.1) is 11.4 Å². The Kier molecular flexibility index (Phi) is 4.96. The summed E-state index contributed by atoms with van der Waals surface area (Å²) in [4.78, 5) is 6.90. The lowest BCUT2D eigenvalue weighted by atomic mass is 10.2. The van der Waals surface area contributed by atoms with Crippen LogP contribution >= 0.6 is 0 Å². The fourth-order valence-electron chi connectivity index (χ4n) is 2.50. The van der Waals surface area contributed by atoms with E-state index in [0.29, 0.717) is 11.5 Å². The molecule has 5 heteroatoms. The molecule has 0 saturated heterocycles. The fourth-order valence-corrected chi connectivity index (χ4v) is 2.50. The van der Waals surface area contributed by atoms with Gasteiger partial charge in [-0.2, -0.15) is 5.10 Å². The minimum absolute atomic E-state index is 0.167. The van der Waals surface area contributed by atoms with E-state index in [-0.39, 0.29) is 6.04 Å². The largest absolute Gasteiger partial charge is 0.372 e. The van der Waals surface area contributed by atoms with Gasteiger partial charge in [0, 0.05) is 24.8 Å². The number of hydrogen-bond donors (Lipinski definition) is 1. The third kappa shape index (κ3) is 3.18. The third-order valence-corrected chi connectivity index (χ3v) is 3.76. The van der Waals surface area contributed by atoms with Crippen LogP contribution < -0.4 is 4.90 Å². The summed E-state index contributed by atoms with van der Waals surface area (Å²) in [6.45, 7) is 12.2. The Hall–Kier alpha value is -2.17. The van der Waals surface area contributed by atoms with E-state index in [9.17, 15) is 0 Å². The number of rotatable bonds is 5. The summed E-state index contributed by atoms with van der Waals surface area (Å²) in [6.07, 6.45) is 0. The highest BCUT2D eigenvalue weighted by Crippen LogP contribution is 2.21. The molecule has 0 bridgehead atoms. The van der Waals surface area contributed by atoms with Crippen molar-refractivity contribution >= 4 is 28.6 Å². The second-order valence-corrected chi connectivity index (χ2v) is 5.62. The number of nitrogens with one attached hydrogen (secondary N) is 1. The maximum absolute atomic E-state index is 8.22. The Bertz CT molecular complexity index is 594. The van der Waals surface area contributed by atoms with E-state index in [4.69, 9.17) is 5.41 Å². The van der Waals surface area contributed by atoms with Crippen molar-refractivity contribution in [3.05, 3.63) is 24.3 Å². The van der Waals surface area contributed by atoms with Gasteiger partial charge in [0.2, 0.25) is 0 Å². The molecule has 1 heterocycles. The van der Waals surface area contributed by atoms with Crippen molar-refractivity contribution in [2.45, 2.75) is 40.7 Å². The number of hydrogen-bond acceptors (Lipinski definition) is 4. The first-order valence-electron chi connectivity index (χ1n) is 7.85. The van der Waals surface area contributed by atoms with Crippen molar-refractivity contribution in [3.63, 3.8) is 0 Å². The summed E-state index contributed by atoms with van der Waals surface area (Å²) >= 11 is 0. The summed E-state index contributed by atoms with van der Waals surface area (Å²) < 4.78 is 0. The Morgan fingerprint density at radius 1 is 1.18 bits per heavy atom. The topological polar surface area (TPSA) is 55.1 Å². The molecule has 1 aliphatic heterocycles. The van der Waals surface area contributed by atoms with Crippen molar-refractivity contribution in [2.24, 2.45) is 10.1 Å². The van der Waals surface area contributed by atoms with Gasteiger partial charge in [0.25, 0.3) is 0 Å². The van der Waals surface area contributed by atoms with E-state index in [1.54, 1.807) is 5.01 Å². The van der Waals surface area contributed by atoms with E-state index < -0.39 is 0 Å². The maximum Gasteiger partial charge on any atom is 0.169 e. The van der Waals surface area contributed by atoms with Gasteiger partial charge >= 0.3 is 0 Å². The van der Waals surface area contributed by atoms with Gasteiger partial charge in [-0.15, -0.1) is 0 Å². The lowest BCUT2D eigenvalue weighted by molar-refractivity contribution is 0.376. The van der Waals surface area contributed by atoms with Crippen LogP contribution in [0.15, 0.2) is 34.4 Å². The smallest absolute Gasteiger partial charge is 0.169 e. The van der Waals surface area contributed by atoms with Crippen LogP contribution in [0.5, 0.6) is 0 Å². The quantitative estimate of drug-likeness (QED) is 0.901. The average molecular weight is 299 g/mol. The Balaban J connectivity index is 2.23. The average Bonchev–Trinajstić information content (AvgIpc) is 2.78. The molecule has 0 radical (unpaired) electrons. The van der Waals surface area contributed by atoms with Crippen LogP contribution in [0.25, 0.3) is 0 Å². The minimum Gasteiger partial charge on any atom is -0.372 e. The van der Waals surface area contributed by atoms with Crippen LogP contribution in [0, 0.1) is 5.41 Å². The number of nitrogens with zero attached hydrogens (tertiary/aromatic N) is 4. The molecule has 0 aromatic heterocycles. The summed E-state index contributed by atoms with van der Waals surface area (Å²) in [6, 6.07) is 8.33. The van der Waals surface area contributed by atoms with Crippen LogP contribution in [0.1, 0.15) is 34.6 Å². The normalized spacial score (nSPS) is 16.6. The predicted molar refractivity (Wildman–Crippen MR) is 94.9 cm³/mol. The molecule has 0 fully saturated rings. The number of hydrazone groups is 1. The van der Waals surface area contributed by atoms with Gasteiger partial charge in [-0.3, -0.25) is 5.41 Å². The summed E-state index contributed by atoms with van der Waals surface area (Å²) in [7, 11) is 0. The Morgan fingerprint density at radius 3 is 2.23 bits per heavy atom. The summed E-state index contributed by atoms with van der Waals surface area (Å²) in [5.41, 5.74) is 3.51. The zero-order valence-electron chi connectivity index (χ0n) is 14.1. The zero-order valence-corrected chi connectivity index (χ0v) is 14.1. The Labute approximate surface area is 132 Å². The molecule has 0 saturated carbocycles. The predicted octanol–water partition coefficient (Wildman–Crippen LogP) is 3.68. The van der Waals surface area contributed by atoms with Crippen LogP contribution in [0.4, 0.5) is 11.4 Å². The highest BCUT2D eigenvalue weighted by molar-refractivity contribution is 6.69. The third-order valence-electron chi connectivity index (χ3n) is 3.76. The molecule has 0 spiro atoms. The van der Waals surface area contributed by atoms with Gasteiger partial charge in [-0.25, -0.2) is 10.0 Å². The molecule has 1 N–H and O–H groups in total. The summed E-state index contributed by atoms with van der Waals surface area (Å²) in [5.74, 6) is 0.375. The number of benzene rings is 1. The lowest BCUT2D eigenvalue weighted by Gasteiger charge is -2.20. The van der Waals surface area contributed by atoms with Crippen molar-refractivity contribution in [2.75, 3.05) is 18.0 Å². The van der Waals surface area contributed by atoms with Crippen molar-refractivity contribution in [1.82, 2.24) is 5.01 Å². The molecule has 1 aliphatic rings. The fraction of sp³-hybridized carbons (Fsp3) is 0.471. The molecule has 0 unspecified atom stereocenters. The molecule has 118 valence electrons. The van der Waals surface area contributed by atoms with Crippen LogP contribution in [-0.2, 0) is 0 Å². The van der Waals surface area contributed by atoms with Gasteiger partial charge < -0.3 is 4.90 Å². The molecule has 5 nitrogen and oxygen atoms in total. The van der Waals surface area contributed by atoms with Crippen LogP contribution in [-0.4, -0.2) is 41.4 Å². The summed E-state index contributed by atoms with van der Waals surface area (Å²) in [5, 5.41) is 14.3. The lowest BCUT2D eigenvalue weighted by Crippen LogP contribution is -2.31. The maximum atomic E-state index is 8.22. The monoisotopic (exact) mass is 299 g/mol. The molecule has 0 amide bonds. The number of aliphatic imine (C=N–C) groups is 1. The standard InChI is InChI=1S/C17H25N5/c1-6-21(7-2)15-10-8-14(9-11-15)19-16-13(5)20-22(12(3)4)17(16)18/h8-12,18H,6-7H2,1-5H3. The zero-order chi connectivity index (χ0) is 16.3. The molecular formula is C17H25N5. The first kappa shape index (κ1) is 16.2. The first-order valence-corrected chi connectivity index (χ1v) is 7.85. The molecule has 0 atom stereocenters. The van der Waals surface area contributed by atoms with E-state index in [2.05, 4.69) is 41.0 Å².